The van der Waals surface area contributed by atoms with Gasteiger partial charge in [0.1, 0.15) is 11.8 Å². The number of fused-ring (bicyclic) bond motifs is 1. The molecule has 2 heterocycles. The van der Waals surface area contributed by atoms with Gasteiger partial charge < -0.3 is 10.1 Å². The predicted molar refractivity (Wildman–Crippen MR) is 131 cm³/mol. The van der Waals surface area contributed by atoms with E-state index >= 15 is 0 Å². The number of benzene rings is 2. The normalized spacial score (nSPS) is 13.7. The van der Waals surface area contributed by atoms with Gasteiger partial charge in [0.2, 0.25) is 5.91 Å². The molecule has 0 saturated heterocycles. The number of aromatic nitrogens is 1. The minimum Gasteiger partial charge on any atom is -0.495 e. The quantitative estimate of drug-likeness (QED) is 0.445. The van der Waals surface area contributed by atoms with Gasteiger partial charge in [-0.25, -0.2) is 4.98 Å². The summed E-state index contributed by atoms with van der Waals surface area (Å²) in [7, 11) is 1.54. The molecule has 1 aliphatic heterocycles. The highest BCUT2D eigenvalue weighted by Gasteiger charge is 2.42. The van der Waals surface area contributed by atoms with Crippen molar-refractivity contribution in [1.82, 2.24) is 9.88 Å². The molecule has 1 atom stereocenters. The molecule has 0 saturated carbocycles. The number of halogens is 1. The van der Waals surface area contributed by atoms with E-state index in [0.717, 1.165) is 10.5 Å². The second kappa shape index (κ2) is 9.94. The lowest BCUT2D eigenvalue weighted by Gasteiger charge is -2.24. The topological polar surface area (TPSA) is 88.6 Å². The Balaban J connectivity index is 1.55. The van der Waals surface area contributed by atoms with Gasteiger partial charge in [-0.1, -0.05) is 23.7 Å². The number of thioether (sulfide) groups is 1. The van der Waals surface area contributed by atoms with Crippen LogP contribution in [-0.4, -0.2) is 52.8 Å². The van der Waals surface area contributed by atoms with Gasteiger partial charge in [-0.3, -0.25) is 19.3 Å². The number of ether oxygens (including phenoxy) is 1. The number of methoxy groups -OCH3 is 1. The van der Waals surface area contributed by atoms with Gasteiger partial charge in [-0.05, 0) is 48.8 Å². The summed E-state index contributed by atoms with van der Waals surface area (Å²) in [5.41, 5.74) is 2.05. The van der Waals surface area contributed by atoms with E-state index in [1.54, 1.807) is 48.9 Å². The van der Waals surface area contributed by atoms with Gasteiger partial charge in [0.25, 0.3) is 11.8 Å². The van der Waals surface area contributed by atoms with Crippen LogP contribution in [-0.2, 0) is 4.79 Å². The highest BCUT2D eigenvalue weighted by Crippen LogP contribution is 2.32. The van der Waals surface area contributed by atoms with Gasteiger partial charge >= 0.3 is 0 Å². The summed E-state index contributed by atoms with van der Waals surface area (Å²) >= 11 is 9.00. The van der Waals surface area contributed by atoms with Crippen molar-refractivity contribution in [2.24, 2.45) is 0 Å². The first-order chi connectivity index (χ1) is 15.9. The monoisotopic (exact) mass is 501 g/mol. The lowest BCUT2D eigenvalue weighted by molar-refractivity contribution is -0.120. The number of hydrogen-bond acceptors (Lipinski definition) is 7. The molecular weight excluding hydrogens is 482 g/mol. The van der Waals surface area contributed by atoms with Crippen molar-refractivity contribution in [3.63, 3.8) is 0 Å². The number of carbonyl (C=O) groups excluding carboxylic acids is 3. The summed E-state index contributed by atoms with van der Waals surface area (Å²) in [6.45, 7) is 0. The first-order valence-corrected chi connectivity index (χ1v) is 12.7. The van der Waals surface area contributed by atoms with Crippen LogP contribution >= 0.6 is 34.7 Å². The van der Waals surface area contributed by atoms with Crippen LogP contribution in [0.5, 0.6) is 5.75 Å². The zero-order valence-corrected chi connectivity index (χ0v) is 20.2. The number of nitrogens with zero attached hydrogens (tertiary/aromatic N) is 2. The molecule has 1 N–H and O–H groups in total. The molecule has 0 spiro atoms. The van der Waals surface area contributed by atoms with E-state index in [1.807, 2.05) is 12.3 Å². The lowest BCUT2D eigenvalue weighted by atomic mass is 10.1. The third-order valence-corrected chi connectivity index (χ3v) is 6.91. The number of carbonyl (C=O) groups is 3. The Kier molecular flexibility index (Phi) is 7.02. The Bertz CT molecular complexity index is 1190. The molecule has 0 aliphatic carbocycles. The molecule has 1 aliphatic rings. The summed E-state index contributed by atoms with van der Waals surface area (Å²) in [5, 5.41) is 5.40. The van der Waals surface area contributed by atoms with Crippen molar-refractivity contribution in [3.8, 4) is 17.0 Å². The predicted octanol–water partition coefficient (Wildman–Crippen LogP) is 4.83. The average molecular weight is 502 g/mol. The van der Waals surface area contributed by atoms with Crippen LogP contribution in [0.25, 0.3) is 11.3 Å². The molecule has 170 valence electrons. The summed E-state index contributed by atoms with van der Waals surface area (Å²) in [5.74, 6) is -0.193. The van der Waals surface area contributed by atoms with Crippen LogP contribution in [0.1, 0.15) is 27.1 Å². The molecule has 2 aromatic carbocycles. The van der Waals surface area contributed by atoms with Gasteiger partial charge in [-0.2, -0.15) is 11.8 Å². The molecule has 4 rings (SSSR count). The van der Waals surface area contributed by atoms with Crippen molar-refractivity contribution in [2.45, 2.75) is 12.5 Å². The SMILES string of the molecule is COc1ccc(-c2csc(NC(=O)C(CCSC)N3C(=O)c4ccccc4C3=O)n2)cc1Cl. The second-order valence-electron chi connectivity index (χ2n) is 7.20. The number of hydrogen-bond donors (Lipinski definition) is 1. The zero-order valence-electron chi connectivity index (χ0n) is 17.8. The maximum absolute atomic E-state index is 13.2. The summed E-state index contributed by atoms with van der Waals surface area (Å²) in [6.07, 6.45) is 2.25. The molecule has 1 unspecified atom stereocenters. The highest BCUT2D eigenvalue weighted by atomic mass is 35.5. The largest absolute Gasteiger partial charge is 0.495 e. The van der Waals surface area contributed by atoms with Crippen molar-refractivity contribution < 1.29 is 19.1 Å². The van der Waals surface area contributed by atoms with E-state index in [9.17, 15) is 14.4 Å². The van der Waals surface area contributed by atoms with Gasteiger partial charge in [0, 0.05) is 10.9 Å². The molecule has 33 heavy (non-hydrogen) atoms. The molecule has 0 fully saturated rings. The fourth-order valence-electron chi connectivity index (χ4n) is 3.58. The Hall–Kier alpha value is -2.88. The molecule has 1 aromatic heterocycles. The maximum Gasteiger partial charge on any atom is 0.262 e. The van der Waals surface area contributed by atoms with Crippen molar-refractivity contribution >= 4 is 57.6 Å². The zero-order chi connectivity index (χ0) is 23.5. The van der Waals surface area contributed by atoms with Crippen LogP contribution < -0.4 is 10.1 Å². The number of rotatable bonds is 8. The highest BCUT2D eigenvalue weighted by molar-refractivity contribution is 7.98. The number of anilines is 1. The standard InChI is InChI=1S/C23H20ClN3O4S2/c1-31-19-8-7-13(11-16(19)24)17-12-33-23(25-17)26-20(28)18(9-10-32-2)27-21(29)14-5-3-4-6-15(14)22(27)30/h3-8,11-12,18H,9-10H2,1-2H3,(H,25,26,28). The molecule has 7 nitrogen and oxygen atoms in total. The van der Waals surface area contributed by atoms with Crippen LogP contribution in [0.3, 0.4) is 0 Å². The van der Waals surface area contributed by atoms with Crippen LogP contribution in [0.4, 0.5) is 5.13 Å². The minimum atomic E-state index is -0.937. The number of nitrogens with one attached hydrogen (secondary N) is 1. The van der Waals surface area contributed by atoms with Gasteiger partial charge in [0.05, 0.1) is 29.0 Å². The first-order valence-electron chi connectivity index (χ1n) is 10.0. The van der Waals surface area contributed by atoms with E-state index in [2.05, 4.69) is 10.3 Å². The second-order valence-corrected chi connectivity index (χ2v) is 9.45. The fraction of sp³-hybridized carbons (Fsp3) is 0.217. The number of imide groups is 1. The molecule has 0 radical (unpaired) electrons. The van der Waals surface area contributed by atoms with E-state index in [1.165, 1.54) is 23.1 Å². The molecular formula is C23H20ClN3O4S2. The molecule has 3 amide bonds. The third kappa shape index (κ3) is 4.62. The Labute approximate surface area is 204 Å². The van der Waals surface area contributed by atoms with E-state index in [4.69, 9.17) is 16.3 Å². The van der Waals surface area contributed by atoms with Crippen LogP contribution in [0, 0.1) is 0 Å². The Morgan fingerprint density at radius 1 is 1.21 bits per heavy atom. The van der Waals surface area contributed by atoms with Crippen molar-refractivity contribution in [1.29, 1.82) is 0 Å². The van der Waals surface area contributed by atoms with E-state index < -0.39 is 23.8 Å². The smallest absolute Gasteiger partial charge is 0.262 e. The first kappa shape index (κ1) is 23.3. The van der Waals surface area contributed by atoms with Crippen LogP contribution in [0.2, 0.25) is 5.02 Å². The molecule has 10 heteroatoms. The molecule has 0 bridgehead atoms. The lowest BCUT2D eigenvalue weighted by Crippen LogP contribution is -2.47. The number of amides is 3. The van der Waals surface area contributed by atoms with Gasteiger partial charge in [0.15, 0.2) is 5.13 Å². The summed E-state index contributed by atoms with van der Waals surface area (Å²) < 4.78 is 5.17. The third-order valence-electron chi connectivity index (χ3n) is 5.22. The Morgan fingerprint density at radius 3 is 2.52 bits per heavy atom. The van der Waals surface area contributed by atoms with Crippen molar-refractivity contribution in [3.05, 3.63) is 64.0 Å². The van der Waals surface area contributed by atoms with E-state index in [0.29, 0.717) is 44.9 Å². The van der Waals surface area contributed by atoms with Gasteiger partial charge in [-0.15, -0.1) is 11.3 Å². The summed E-state index contributed by atoms with van der Waals surface area (Å²) in [4.78, 5) is 44.6. The van der Waals surface area contributed by atoms with E-state index in [-0.39, 0.29) is 0 Å². The Morgan fingerprint density at radius 2 is 1.91 bits per heavy atom. The fourth-order valence-corrected chi connectivity index (χ4v) is 5.02. The number of thiazole rings is 1. The summed E-state index contributed by atoms with van der Waals surface area (Å²) in [6, 6.07) is 11.0. The minimum absolute atomic E-state index is 0.317. The van der Waals surface area contributed by atoms with Crippen molar-refractivity contribution in [2.75, 3.05) is 24.4 Å². The molecule has 3 aromatic rings. The van der Waals surface area contributed by atoms with Crippen LogP contribution in [0.15, 0.2) is 47.8 Å². The maximum atomic E-state index is 13.2. The average Bonchev–Trinajstić information content (AvgIpc) is 3.38.